The van der Waals surface area contributed by atoms with Gasteiger partial charge >= 0.3 is 5.97 Å². The first-order valence-electron chi connectivity index (χ1n) is 5.64. The Balaban J connectivity index is 4.52. The number of carboxylic acid groups (broad SMARTS) is 1. The summed E-state index contributed by atoms with van der Waals surface area (Å²) in [4.78, 5) is 12.9. The molecule has 1 atom stereocenters. The molecule has 0 aliphatic heterocycles. The first-order chi connectivity index (χ1) is 6.66. The average molecular weight is 215 g/mol. The second kappa shape index (κ2) is 5.50. The molecule has 0 radical (unpaired) electrons. The fraction of sp³-hybridized carbons (Fsp3) is 0.917. The predicted molar refractivity (Wildman–Crippen MR) is 63.0 cm³/mol. The Kier molecular flexibility index (Phi) is 5.29. The van der Waals surface area contributed by atoms with Crippen molar-refractivity contribution in [2.45, 2.75) is 59.5 Å². The van der Waals surface area contributed by atoms with Crippen molar-refractivity contribution >= 4 is 5.97 Å². The molecule has 3 nitrogen and oxygen atoms in total. The van der Waals surface area contributed by atoms with Crippen LogP contribution in [-0.4, -0.2) is 34.1 Å². The van der Waals surface area contributed by atoms with E-state index in [2.05, 4.69) is 46.4 Å². The van der Waals surface area contributed by atoms with Crippen LogP contribution in [0.15, 0.2) is 0 Å². The van der Waals surface area contributed by atoms with E-state index in [0.717, 1.165) is 0 Å². The third kappa shape index (κ3) is 5.17. The minimum absolute atomic E-state index is 0.0269. The summed E-state index contributed by atoms with van der Waals surface area (Å²) in [7, 11) is 0. The molecule has 0 saturated heterocycles. The van der Waals surface area contributed by atoms with Gasteiger partial charge in [0.1, 0.15) is 0 Å². The molecule has 1 unspecified atom stereocenters. The quantitative estimate of drug-likeness (QED) is 0.766. The van der Waals surface area contributed by atoms with Crippen molar-refractivity contribution in [1.82, 2.24) is 4.90 Å². The second-order valence-electron chi connectivity index (χ2n) is 5.49. The van der Waals surface area contributed by atoms with E-state index in [1.807, 2.05) is 0 Å². The smallest absolute Gasteiger partial charge is 0.304 e. The van der Waals surface area contributed by atoms with E-state index in [0.29, 0.717) is 18.5 Å². The molecule has 90 valence electrons. The molecule has 0 aliphatic rings. The van der Waals surface area contributed by atoms with Crippen LogP contribution in [0.2, 0.25) is 0 Å². The van der Waals surface area contributed by atoms with Gasteiger partial charge in [-0.2, -0.15) is 0 Å². The third-order valence-electron chi connectivity index (χ3n) is 2.88. The maximum absolute atomic E-state index is 10.6. The SMILES string of the molecule is CC(C)C(C)N(CCC(=O)O)C(C)(C)C. The topological polar surface area (TPSA) is 40.5 Å². The molecule has 0 aliphatic carbocycles. The maximum Gasteiger partial charge on any atom is 0.304 e. The molecular formula is C12H25NO2. The van der Waals surface area contributed by atoms with Gasteiger partial charge in [0.15, 0.2) is 0 Å². The first kappa shape index (κ1) is 14.4. The van der Waals surface area contributed by atoms with Gasteiger partial charge in [0.2, 0.25) is 0 Å². The summed E-state index contributed by atoms with van der Waals surface area (Å²) in [6.45, 7) is 13.5. The summed E-state index contributed by atoms with van der Waals surface area (Å²) in [5.41, 5.74) is 0.0269. The number of hydrogen-bond acceptors (Lipinski definition) is 2. The Hall–Kier alpha value is -0.570. The van der Waals surface area contributed by atoms with E-state index in [1.165, 1.54) is 0 Å². The molecule has 0 fully saturated rings. The normalized spacial score (nSPS) is 14.7. The summed E-state index contributed by atoms with van der Waals surface area (Å²) in [6, 6.07) is 0.407. The van der Waals surface area contributed by atoms with Crippen LogP contribution in [0.3, 0.4) is 0 Å². The largest absolute Gasteiger partial charge is 0.481 e. The van der Waals surface area contributed by atoms with Crippen LogP contribution >= 0.6 is 0 Å². The summed E-state index contributed by atoms with van der Waals surface area (Å²) in [5, 5.41) is 8.72. The molecule has 0 amide bonds. The summed E-state index contributed by atoms with van der Waals surface area (Å²) in [5.74, 6) is -0.182. The van der Waals surface area contributed by atoms with Crippen molar-refractivity contribution in [3.05, 3.63) is 0 Å². The number of carboxylic acids is 1. The molecular weight excluding hydrogens is 190 g/mol. The molecule has 0 saturated carbocycles. The van der Waals surface area contributed by atoms with Gasteiger partial charge in [0.25, 0.3) is 0 Å². The van der Waals surface area contributed by atoms with Gasteiger partial charge in [-0.25, -0.2) is 0 Å². The first-order valence-corrected chi connectivity index (χ1v) is 5.64. The minimum atomic E-state index is -0.722. The van der Waals surface area contributed by atoms with E-state index in [4.69, 9.17) is 5.11 Å². The van der Waals surface area contributed by atoms with Crippen LogP contribution in [0.1, 0.15) is 48.0 Å². The number of aliphatic carboxylic acids is 1. The lowest BCUT2D eigenvalue weighted by Crippen LogP contribution is -2.49. The van der Waals surface area contributed by atoms with Crippen molar-refractivity contribution < 1.29 is 9.90 Å². The standard InChI is InChI=1S/C12H25NO2/c1-9(2)10(3)13(12(4,5)6)8-7-11(14)15/h9-10H,7-8H2,1-6H3,(H,14,15). The number of rotatable bonds is 5. The van der Waals surface area contributed by atoms with Crippen LogP contribution < -0.4 is 0 Å². The third-order valence-corrected chi connectivity index (χ3v) is 2.88. The van der Waals surface area contributed by atoms with Gasteiger partial charge in [-0.1, -0.05) is 13.8 Å². The molecule has 0 aromatic heterocycles. The second-order valence-corrected chi connectivity index (χ2v) is 5.49. The molecule has 0 aromatic rings. The average Bonchev–Trinajstić information content (AvgIpc) is 2.00. The van der Waals surface area contributed by atoms with Crippen molar-refractivity contribution in [3.8, 4) is 0 Å². The maximum atomic E-state index is 10.6. The molecule has 0 aromatic carbocycles. The van der Waals surface area contributed by atoms with Gasteiger partial charge < -0.3 is 5.11 Å². The Bertz CT molecular complexity index is 206. The molecule has 0 heterocycles. The van der Waals surface area contributed by atoms with Crippen LogP contribution in [0, 0.1) is 5.92 Å². The zero-order valence-electron chi connectivity index (χ0n) is 10.9. The highest BCUT2D eigenvalue weighted by Crippen LogP contribution is 2.21. The molecule has 15 heavy (non-hydrogen) atoms. The lowest BCUT2D eigenvalue weighted by Gasteiger charge is -2.41. The van der Waals surface area contributed by atoms with Gasteiger partial charge in [-0.3, -0.25) is 9.69 Å². The lowest BCUT2D eigenvalue weighted by molar-refractivity contribution is -0.137. The predicted octanol–water partition coefficient (Wildman–Crippen LogP) is 2.61. The highest BCUT2D eigenvalue weighted by molar-refractivity contribution is 5.66. The molecule has 0 rings (SSSR count). The van der Waals surface area contributed by atoms with Crippen LogP contribution in [0.25, 0.3) is 0 Å². The van der Waals surface area contributed by atoms with Gasteiger partial charge in [0, 0.05) is 18.1 Å². The van der Waals surface area contributed by atoms with Gasteiger partial charge in [0.05, 0.1) is 6.42 Å². The summed E-state index contributed by atoms with van der Waals surface area (Å²) in [6.07, 6.45) is 0.217. The Labute approximate surface area is 93.5 Å². The van der Waals surface area contributed by atoms with Crippen LogP contribution in [0.4, 0.5) is 0 Å². The highest BCUT2D eigenvalue weighted by atomic mass is 16.4. The Morgan fingerprint density at radius 2 is 1.73 bits per heavy atom. The number of nitrogens with zero attached hydrogens (tertiary/aromatic N) is 1. The minimum Gasteiger partial charge on any atom is -0.481 e. The van der Waals surface area contributed by atoms with Crippen molar-refractivity contribution in [2.75, 3.05) is 6.54 Å². The van der Waals surface area contributed by atoms with E-state index >= 15 is 0 Å². The van der Waals surface area contributed by atoms with E-state index in [-0.39, 0.29) is 12.0 Å². The van der Waals surface area contributed by atoms with E-state index in [1.54, 1.807) is 0 Å². The van der Waals surface area contributed by atoms with Crippen LogP contribution in [-0.2, 0) is 4.79 Å². The number of hydrogen-bond donors (Lipinski definition) is 1. The van der Waals surface area contributed by atoms with E-state index in [9.17, 15) is 4.79 Å². The zero-order valence-corrected chi connectivity index (χ0v) is 10.9. The van der Waals surface area contributed by atoms with E-state index < -0.39 is 5.97 Å². The number of carbonyl (C=O) groups is 1. The fourth-order valence-electron chi connectivity index (χ4n) is 1.73. The molecule has 3 heteroatoms. The lowest BCUT2D eigenvalue weighted by atomic mass is 9.96. The van der Waals surface area contributed by atoms with Crippen molar-refractivity contribution in [3.63, 3.8) is 0 Å². The molecule has 0 bridgehead atoms. The monoisotopic (exact) mass is 215 g/mol. The summed E-state index contributed by atoms with van der Waals surface area (Å²) < 4.78 is 0. The van der Waals surface area contributed by atoms with Crippen molar-refractivity contribution in [2.24, 2.45) is 5.92 Å². The van der Waals surface area contributed by atoms with Crippen molar-refractivity contribution in [1.29, 1.82) is 0 Å². The molecule has 1 N–H and O–H groups in total. The fourth-order valence-corrected chi connectivity index (χ4v) is 1.73. The Morgan fingerprint density at radius 3 is 2.00 bits per heavy atom. The highest BCUT2D eigenvalue weighted by Gasteiger charge is 2.27. The Morgan fingerprint density at radius 1 is 1.27 bits per heavy atom. The zero-order chi connectivity index (χ0) is 12.2. The van der Waals surface area contributed by atoms with Gasteiger partial charge in [-0.15, -0.1) is 0 Å². The summed E-state index contributed by atoms with van der Waals surface area (Å²) >= 11 is 0. The van der Waals surface area contributed by atoms with Gasteiger partial charge in [-0.05, 0) is 33.6 Å². The van der Waals surface area contributed by atoms with Crippen LogP contribution in [0.5, 0.6) is 0 Å². The molecule has 0 spiro atoms.